The van der Waals surface area contributed by atoms with Crippen molar-refractivity contribution in [3.63, 3.8) is 0 Å². The minimum absolute atomic E-state index is 0.0756. The minimum atomic E-state index is -0.302. The topological polar surface area (TPSA) is 67.9 Å². The first-order valence-electron chi connectivity index (χ1n) is 7.96. The predicted octanol–water partition coefficient (Wildman–Crippen LogP) is 3.13. The lowest BCUT2D eigenvalue weighted by atomic mass is 10.2. The van der Waals surface area contributed by atoms with Crippen LogP contribution in [0.25, 0.3) is 0 Å². The van der Waals surface area contributed by atoms with Crippen LogP contribution in [0.2, 0.25) is 5.02 Å². The molecule has 138 valence electrons. The molecular weight excluding hydrogens is 356 g/mol. The van der Waals surface area contributed by atoms with Gasteiger partial charge in [-0.25, -0.2) is 0 Å². The quantitative estimate of drug-likeness (QED) is 0.806. The molecule has 0 saturated heterocycles. The molecule has 6 nitrogen and oxygen atoms in total. The molecule has 0 aliphatic heterocycles. The molecule has 0 fully saturated rings. The van der Waals surface area contributed by atoms with Gasteiger partial charge in [0.15, 0.2) is 6.61 Å². The summed E-state index contributed by atoms with van der Waals surface area (Å²) in [4.78, 5) is 25.5. The number of nitrogens with zero attached hydrogens (tertiary/aromatic N) is 1. The summed E-state index contributed by atoms with van der Waals surface area (Å²) in [6, 6.07) is 12.1. The standard InChI is InChI=1S/C19H21ClN2O4/c1-13-10-14(20)4-9-17(13)26-12-19(24)22(2)11-18(23)21-15-5-7-16(25-3)8-6-15/h4-10H,11-12H2,1-3H3,(H,21,23). The molecule has 2 rings (SSSR count). The number of aryl methyl sites for hydroxylation is 1. The molecule has 0 spiro atoms. The van der Waals surface area contributed by atoms with E-state index in [1.54, 1.807) is 56.6 Å². The van der Waals surface area contributed by atoms with Crippen molar-refractivity contribution in [2.24, 2.45) is 0 Å². The van der Waals surface area contributed by atoms with E-state index in [0.717, 1.165) is 5.56 Å². The molecule has 0 unspecified atom stereocenters. The number of likely N-dealkylation sites (N-methyl/N-ethyl adjacent to an activating group) is 1. The average molecular weight is 377 g/mol. The number of halogens is 1. The molecule has 2 amide bonds. The van der Waals surface area contributed by atoms with Gasteiger partial charge in [-0.05, 0) is 55.0 Å². The average Bonchev–Trinajstić information content (AvgIpc) is 2.61. The second kappa shape index (κ2) is 9.10. The lowest BCUT2D eigenvalue weighted by molar-refractivity contribution is -0.135. The van der Waals surface area contributed by atoms with Crippen molar-refractivity contribution in [1.29, 1.82) is 0 Å². The minimum Gasteiger partial charge on any atom is -0.497 e. The molecule has 7 heteroatoms. The van der Waals surface area contributed by atoms with Crippen LogP contribution in [-0.4, -0.2) is 44.0 Å². The van der Waals surface area contributed by atoms with Gasteiger partial charge in [0.1, 0.15) is 11.5 Å². The zero-order valence-electron chi connectivity index (χ0n) is 14.9. The maximum Gasteiger partial charge on any atom is 0.260 e. The number of hydrogen-bond acceptors (Lipinski definition) is 4. The fourth-order valence-electron chi connectivity index (χ4n) is 2.20. The summed E-state index contributed by atoms with van der Waals surface area (Å²) in [5.41, 5.74) is 1.47. The molecular formula is C19H21ClN2O4. The lowest BCUT2D eigenvalue weighted by Gasteiger charge is -2.17. The van der Waals surface area contributed by atoms with E-state index < -0.39 is 0 Å². The van der Waals surface area contributed by atoms with E-state index in [4.69, 9.17) is 21.1 Å². The molecule has 0 atom stereocenters. The number of benzene rings is 2. The third kappa shape index (κ3) is 5.67. The molecule has 0 aromatic heterocycles. The Hall–Kier alpha value is -2.73. The Morgan fingerprint density at radius 3 is 2.46 bits per heavy atom. The van der Waals surface area contributed by atoms with Crippen LogP contribution in [-0.2, 0) is 9.59 Å². The van der Waals surface area contributed by atoms with Gasteiger partial charge in [-0.15, -0.1) is 0 Å². The Labute approximate surface area is 157 Å². The summed E-state index contributed by atoms with van der Waals surface area (Å²) < 4.78 is 10.6. The maximum absolute atomic E-state index is 12.1. The van der Waals surface area contributed by atoms with Gasteiger partial charge in [-0.3, -0.25) is 9.59 Å². The first-order chi connectivity index (χ1) is 12.4. The largest absolute Gasteiger partial charge is 0.497 e. The van der Waals surface area contributed by atoms with E-state index in [1.807, 2.05) is 6.92 Å². The summed E-state index contributed by atoms with van der Waals surface area (Å²) in [6.07, 6.45) is 0. The van der Waals surface area contributed by atoms with Gasteiger partial charge in [-0.2, -0.15) is 0 Å². The van der Waals surface area contributed by atoms with Gasteiger partial charge < -0.3 is 19.7 Å². The summed E-state index contributed by atoms with van der Waals surface area (Å²) >= 11 is 5.89. The van der Waals surface area contributed by atoms with E-state index in [2.05, 4.69) is 5.32 Å². The van der Waals surface area contributed by atoms with Crippen molar-refractivity contribution in [2.45, 2.75) is 6.92 Å². The van der Waals surface area contributed by atoms with Crippen LogP contribution < -0.4 is 14.8 Å². The SMILES string of the molecule is COc1ccc(NC(=O)CN(C)C(=O)COc2ccc(Cl)cc2C)cc1. The Balaban J connectivity index is 1.82. The van der Waals surface area contributed by atoms with Crippen LogP contribution in [0.15, 0.2) is 42.5 Å². The van der Waals surface area contributed by atoms with Crippen LogP contribution in [0.4, 0.5) is 5.69 Å². The van der Waals surface area contributed by atoms with Crippen molar-refractivity contribution in [1.82, 2.24) is 4.90 Å². The molecule has 2 aromatic rings. The van der Waals surface area contributed by atoms with Gasteiger partial charge in [0, 0.05) is 17.8 Å². The van der Waals surface area contributed by atoms with Gasteiger partial charge in [-0.1, -0.05) is 11.6 Å². The summed E-state index contributed by atoms with van der Waals surface area (Å²) in [6.45, 7) is 1.61. The van der Waals surface area contributed by atoms with E-state index in [1.165, 1.54) is 4.90 Å². The Bertz CT molecular complexity index is 778. The van der Waals surface area contributed by atoms with E-state index >= 15 is 0 Å². The van der Waals surface area contributed by atoms with Gasteiger partial charge in [0.25, 0.3) is 5.91 Å². The van der Waals surface area contributed by atoms with Gasteiger partial charge in [0.2, 0.25) is 5.91 Å². The fourth-order valence-corrected chi connectivity index (χ4v) is 2.43. The van der Waals surface area contributed by atoms with Crippen molar-refractivity contribution in [3.8, 4) is 11.5 Å². The summed E-state index contributed by atoms with van der Waals surface area (Å²) in [5.74, 6) is 0.682. The van der Waals surface area contributed by atoms with Gasteiger partial charge >= 0.3 is 0 Å². The van der Waals surface area contributed by atoms with Crippen LogP contribution in [0, 0.1) is 6.92 Å². The Kier molecular flexibility index (Phi) is 6.86. The highest BCUT2D eigenvalue weighted by atomic mass is 35.5. The van der Waals surface area contributed by atoms with Crippen molar-refractivity contribution < 1.29 is 19.1 Å². The first-order valence-corrected chi connectivity index (χ1v) is 8.33. The lowest BCUT2D eigenvalue weighted by Crippen LogP contribution is -2.37. The number of rotatable bonds is 7. The third-order valence-corrected chi connectivity index (χ3v) is 3.90. The number of methoxy groups -OCH3 is 1. The van der Waals surface area contributed by atoms with E-state index in [9.17, 15) is 9.59 Å². The molecule has 0 heterocycles. The monoisotopic (exact) mass is 376 g/mol. The van der Waals surface area contributed by atoms with E-state index in [-0.39, 0.29) is 25.0 Å². The number of anilines is 1. The smallest absolute Gasteiger partial charge is 0.260 e. The zero-order valence-corrected chi connectivity index (χ0v) is 15.7. The predicted molar refractivity (Wildman–Crippen MR) is 101 cm³/mol. The van der Waals surface area contributed by atoms with Crippen LogP contribution in [0.5, 0.6) is 11.5 Å². The summed E-state index contributed by atoms with van der Waals surface area (Å²) in [7, 11) is 3.12. The highest BCUT2D eigenvalue weighted by Gasteiger charge is 2.14. The Morgan fingerprint density at radius 2 is 1.85 bits per heavy atom. The molecule has 2 aromatic carbocycles. The Morgan fingerprint density at radius 1 is 1.15 bits per heavy atom. The highest BCUT2D eigenvalue weighted by Crippen LogP contribution is 2.21. The van der Waals surface area contributed by atoms with Crippen LogP contribution >= 0.6 is 11.6 Å². The van der Waals surface area contributed by atoms with Crippen LogP contribution in [0.3, 0.4) is 0 Å². The number of carbonyl (C=O) groups is 2. The molecule has 0 aliphatic rings. The first kappa shape index (κ1) is 19.6. The number of hydrogen-bond donors (Lipinski definition) is 1. The van der Waals surface area contributed by atoms with Crippen molar-refractivity contribution in [3.05, 3.63) is 53.1 Å². The number of nitrogens with one attached hydrogen (secondary N) is 1. The van der Waals surface area contributed by atoms with Crippen LogP contribution in [0.1, 0.15) is 5.56 Å². The molecule has 0 bridgehead atoms. The molecule has 26 heavy (non-hydrogen) atoms. The highest BCUT2D eigenvalue weighted by molar-refractivity contribution is 6.30. The zero-order chi connectivity index (χ0) is 19.1. The van der Waals surface area contributed by atoms with Crippen molar-refractivity contribution >= 4 is 29.1 Å². The molecule has 0 saturated carbocycles. The third-order valence-electron chi connectivity index (χ3n) is 3.67. The fraction of sp³-hybridized carbons (Fsp3) is 0.263. The van der Waals surface area contributed by atoms with Crippen molar-refractivity contribution in [2.75, 3.05) is 32.6 Å². The number of amides is 2. The number of ether oxygens (including phenoxy) is 2. The van der Waals surface area contributed by atoms with Gasteiger partial charge in [0.05, 0.1) is 13.7 Å². The second-order valence-corrected chi connectivity index (χ2v) is 6.16. The number of carbonyl (C=O) groups excluding carboxylic acids is 2. The van der Waals surface area contributed by atoms with E-state index in [0.29, 0.717) is 22.2 Å². The molecule has 0 aliphatic carbocycles. The second-order valence-electron chi connectivity index (χ2n) is 5.72. The molecule has 0 radical (unpaired) electrons. The summed E-state index contributed by atoms with van der Waals surface area (Å²) in [5, 5.41) is 3.33. The normalized spacial score (nSPS) is 10.2. The maximum atomic E-state index is 12.1. The molecule has 1 N–H and O–H groups in total.